The normalized spacial score (nSPS) is 12.5. The number of hydrogen-bond donors (Lipinski definition) is 2. The van der Waals surface area contributed by atoms with Gasteiger partial charge in [-0.1, -0.05) is 19.4 Å². The van der Waals surface area contributed by atoms with E-state index < -0.39 is 0 Å². The monoisotopic (exact) mass is 209 g/mol. The van der Waals surface area contributed by atoms with Gasteiger partial charge in [0.25, 0.3) is 0 Å². The summed E-state index contributed by atoms with van der Waals surface area (Å²) in [5, 5.41) is 0. The second-order valence-corrected chi connectivity index (χ2v) is 3.57. The van der Waals surface area contributed by atoms with Crippen LogP contribution in [0.15, 0.2) is 18.3 Å². The van der Waals surface area contributed by atoms with Crippen molar-refractivity contribution in [3.8, 4) is 5.88 Å². The topological polar surface area (TPSA) is 60.2 Å². The van der Waals surface area contributed by atoms with Crippen LogP contribution in [0.2, 0.25) is 0 Å². The van der Waals surface area contributed by atoms with Gasteiger partial charge in [0.1, 0.15) is 0 Å². The van der Waals surface area contributed by atoms with Gasteiger partial charge in [0.15, 0.2) is 0 Å². The molecule has 1 aromatic heterocycles. The smallest absolute Gasteiger partial charge is 0.212 e. The van der Waals surface area contributed by atoms with Crippen molar-refractivity contribution in [3.05, 3.63) is 23.9 Å². The maximum Gasteiger partial charge on any atom is 0.212 e. The van der Waals surface area contributed by atoms with E-state index in [0.29, 0.717) is 11.9 Å². The van der Waals surface area contributed by atoms with E-state index in [2.05, 4.69) is 17.3 Å². The lowest BCUT2D eigenvalue weighted by Gasteiger charge is -2.14. The highest BCUT2D eigenvalue weighted by molar-refractivity contribution is 5.18. The van der Waals surface area contributed by atoms with Crippen LogP contribution < -0.4 is 16.0 Å². The lowest BCUT2D eigenvalue weighted by molar-refractivity contribution is 0.397. The molecule has 0 saturated carbocycles. The first kappa shape index (κ1) is 11.9. The van der Waals surface area contributed by atoms with Crippen molar-refractivity contribution in [2.75, 3.05) is 7.11 Å². The molecule has 84 valence electrons. The highest BCUT2D eigenvalue weighted by Gasteiger charge is 2.06. The number of nitrogens with two attached hydrogens (primary N) is 1. The molecule has 4 heteroatoms. The molecule has 0 amide bonds. The van der Waals surface area contributed by atoms with E-state index in [1.54, 1.807) is 7.11 Å². The third-order valence-corrected chi connectivity index (χ3v) is 2.36. The number of hydrogen-bond acceptors (Lipinski definition) is 4. The molecule has 15 heavy (non-hydrogen) atoms. The van der Waals surface area contributed by atoms with Crippen LogP contribution in [0, 0.1) is 0 Å². The van der Waals surface area contributed by atoms with Gasteiger partial charge in [0.05, 0.1) is 7.11 Å². The summed E-state index contributed by atoms with van der Waals surface area (Å²) in [7, 11) is 1.61. The molecule has 0 saturated heterocycles. The van der Waals surface area contributed by atoms with E-state index in [1.807, 2.05) is 18.3 Å². The fourth-order valence-corrected chi connectivity index (χ4v) is 1.53. The van der Waals surface area contributed by atoms with Crippen molar-refractivity contribution >= 4 is 0 Å². The molecule has 3 N–H and O–H groups in total. The van der Waals surface area contributed by atoms with Gasteiger partial charge in [0, 0.05) is 18.3 Å². The number of rotatable bonds is 6. The number of nitrogens with one attached hydrogen (secondary N) is 1. The Hall–Kier alpha value is -1.13. The van der Waals surface area contributed by atoms with Crippen LogP contribution in [0.4, 0.5) is 0 Å². The standard InChI is InChI=1S/C11H19N3O/c1-3-4-10(14-12)7-9-5-6-11(15-2)13-8-9/h5-6,8,10,14H,3-4,7,12H2,1-2H3. The molecule has 4 nitrogen and oxygen atoms in total. The van der Waals surface area contributed by atoms with Gasteiger partial charge in [-0.25, -0.2) is 4.98 Å². The minimum absolute atomic E-state index is 0.324. The van der Waals surface area contributed by atoms with Crippen molar-refractivity contribution in [1.82, 2.24) is 10.4 Å². The van der Waals surface area contributed by atoms with Crippen molar-refractivity contribution < 1.29 is 4.74 Å². The minimum atomic E-state index is 0.324. The molecule has 0 aliphatic rings. The van der Waals surface area contributed by atoms with Crippen LogP contribution in [0.3, 0.4) is 0 Å². The maximum absolute atomic E-state index is 5.47. The van der Waals surface area contributed by atoms with E-state index in [4.69, 9.17) is 10.6 Å². The highest BCUT2D eigenvalue weighted by atomic mass is 16.5. The van der Waals surface area contributed by atoms with Gasteiger partial charge >= 0.3 is 0 Å². The van der Waals surface area contributed by atoms with Gasteiger partial charge in [-0.15, -0.1) is 0 Å². The summed E-state index contributed by atoms with van der Waals surface area (Å²) < 4.78 is 5.00. The van der Waals surface area contributed by atoms with Crippen molar-refractivity contribution in [3.63, 3.8) is 0 Å². The molecular formula is C11H19N3O. The Balaban J connectivity index is 2.55. The first-order chi connectivity index (χ1) is 7.30. The summed E-state index contributed by atoms with van der Waals surface area (Å²) in [4.78, 5) is 4.15. The number of hydrazine groups is 1. The molecule has 0 aliphatic carbocycles. The Labute approximate surface area is 90.8 Å². The molecule has 0 fully saturated rings. The van der Waals surface area contributed by atoms with Crippen molar-refractivity contribution in [2.45, 2.75) is 32.2 Å². The fraction of sp³-hybridized carbons (Fsp3) is 0.545. The predicted octanol–water partition coefficient (Wildman–Crippen LogP) is 1.26. The summed E-state index contributed by atoms with van der Waals surface area (Å²) in [6.07, 6.45) is 4.93. The summed E-state index contributed by atoms with van der Waals surface area (Å²) in [6, 6.07) is 4.21. The van der Waals surface area contributed by atoms with Crippen LogP contribution in [0.1, 0.15) is 25.3 Å². The summed E-state index contributed by atoms with van der Waals surface area (Å²) in [5.41, 5.74) is 3.99. The molecule has 1 rings (SSSR count). The van der Waals surface area contributed by atoms with Gasteiger partial charge in [0.2, 0.25) is 5.88 Å². The zero-order chi connectivity index (χ0) is 11.1. The first-order valence-corrected chi connectivity index (χ1v) is 5.25. The second-order valence-electron chi connectivity index (χ2n) is 3.57. The largest absolute Gasteiger partial charge is 0.481 e. The molecule has 0 aromatic carbocycles. The van der Waals surface area contributed by atoms with Crippen LogP contribution in [-0.2, 0) is 6.42 Å². The van der Waals surface area contributed by atoms with Crippen LogP contribution in [0.25, 0.3) is 0 Å². The number of methoxy groups -OCH3 is 1. The zero-order valence-electron chi connectivity index (χ0n) is 9.36. The third-order valence-electron chi connectivity index (χ3n) is 2.36. The third kappa shape index (κ3) is 3.85. The minimum Gasteiger partial charge on any atom is -0.481 e. The van der Waals surface area contributed by atoms with Gasteiger partial charge in [-0.3, -0.25) is 11.3 Å². The molecule has 1 atom stereocenters. The van der Waals surface area contributed by atoms with Gasteiger partial charge in [-0.05, 0) is 18.4 Å². The van der Waals surface area contributed by atoms with Crippen molar-refractivity contribution in [1.29, 1.82) is 0 Å². The molecule has 1 aromatic rings. The quantitative estimate of drug-likeness (QED) is 0.547. The zero-order valence-corrected chi connectivity index (χ0v) is 9.36. The molecule has 0 spiro atoms. The van der Waals surface area contributed by atoms with Crippen LogP contribution in [0.5, 0.6) is 5.88 Å². The average Bonchev–Trinajstić information content (AvgIpc) is 2.29. The van der Waals surface area contributed by atoms with Crippen molar-refractivity contribution in [2.24, 2.45) is 5.84 Å². The van der Waals surface area contributed by atoms with E-state index in [0.717, 1.165) is 19.3 Å². The van der Waals surface area contributed by atoms with Crippen LogP contribution >= 0.6 is 0 Å². The van der Waals surface area contributed by atoms with E-state index in [1.165, 1.54) is 5.56 Å². The predicted molar refractivity (Wildman–Crippen MR) is 60.5 cm³/mol. The van der Waals surface area contributed by atoms with E-state index in [9.17, 15) is 0 Å². The number of aromatic nitrogens is 1. The number of pyridine rings is 1. The summed E-state index contributed by atoms with van der Waals surface area (Å²) in [5.74, 6) is 6.11. The fourth-order valence-electron chi connectivity index (χ4n) is 1.53. The Kier molecular flexibility index (Phi) is 5.07. The SMILES string of the molecule is CCCC(Cc1ccc(OC)nc1)NN. The van der Waals surface area contributed by atoms with Gasteiger partial charge in [-0.2, -0.15) is 0 Å². The Bertz CT molecular complexity index is 274. The molecule has 1 heterocycles. The number of ether oxygens (including phenoxy) is 1. The maximum atomic E-state index is 5.47. The lowest BCUT2D eigenvalue weighted by atomic mass is 10.0. The van der Waals surface area contributed by atoms with Crippen LogP contribution in [-0.4, -0.2) is 18.1 Å². The van der Waals surface area contributed by atoms with E-state index in [-0.39, 0.29) is 0 Å². The lowest BCUT2D eigenvalue weighted by Crippen LogP contribution is -2.36. The second kappa shape index (κ2) is 6.37. The first-order valence-electron chi connectivity index (χ1n) is 5.25. The molecule has 0 radical (unpaired) electrons. The molecule has 1 unspecified atom stereocenters. The van der Waals surface area contributed by atoms with E-state index >= 15 is 0 Å². The van der Waals surface area contributed by atoms with Gasteiger partial charge < -0.3 is 4.74 Å². The molecular weight excluding hydrogens is 190 g/mol. The Morgan fingerprint density at radius 2 is 2.33 bits per heavy atom. The highest BCUT2D eigenvalue weighted by Crippen LogP contribution is 2.10. The summed E-state index contributed by atoms with van der Waals surface area (Å²) in [6.45, 7) is 2.15. The molecule has 0 aliphatic heterocycles. The Morgan fingerprint density at radius 1 is 1.53 bits per heavy atom. The average molecular weight is 209 g/mol. The molecule has 0 bridgehead atoms. The number of nitrogens with zero attached hydrogens (tertiary/aromatic N) is 1. The summed E-state index contributed by atoms with van der Waals surface area (Å²) >= 11 is 0. The Morgan fingerprint density at radius 3 is 2.80 bits per heavy atom.